The molecule has 0 amide bonds. The van der Waals surface area contributed by atoms with Crippen LogP contribution in [0.3, 0.4) is 0 Å². The minimum Gasteiger partial charge on any atom is -0.325 e. The fourth-order valence-electron chi connectivity index (χ4n) is 0.669. The molecule has 0 spiro atoms. The molecule has 1 rings (SSSR count). The number of imidazole rings is 1. The second-order valence-electron chi connectivity index (χ2n) is 2.03. The Morgan fingerprint density at radius 2 is 1.79 bits per heavy atom. The molecule has 0 aliphatic carbocycles. The van der Waals surface area contributed by atoms with Crippen LogP contribution < -0.4 is 0 Å². The molecule has 3 radical (unpaired) electrons. The van der Waals surface area contributed by atoms with Crippen LogP contribution in [0.15, 0.2) is 0 Å². The summed E-state index contributed by atoms with van der Waals surface area (Å²) in [6.45, 7) is 0. The molecule has 0 fully saturated rings. The van der Waals surface area contributed by atoms with Crippen molar-refractivity contribution in [3.63, 3.8) is 0 Å². The van der Waals surface area contributed by atoms with Gasteiger partial charge in [0, 0.05) is 17.4 Å². The molecule has 8 heteroatoms. The number of alkyl halides is 3. The van der Waals surface area contributed by atoms with Crippen molar-refractivity contribution in [1.82, 2.24) is 9.97 Å². The summed E-state index contributed by atoms with van der Waals surface area (Å²) in [5, 5.41) is 16.6. The average molecular weight is 213 g/mol. The monoisotopic (exact) mass is 213 g/mol. The molecule has 4 nitrogen and oxygen atoms in total. The zero-order valence-electron chi connectivity index (χ0n) is 6.55. The number of nitriles is 2. The van der Waals surface area contributed by atoms with Crippen molar-refractivity contribution < 1.29 is 13.2 Å². The van der Waals surface area contributed by atoms with Gasteiger partial charge in [-0.15, -0.1) is 0 Å². The van der Waals surface area contributed by atoms with E-state index in [0.717, 1.165) is 0 Å². The van der Waals surface area contributed by atoms with Crippen LogP contribution in [0.2, 0.25) is 0 Å². The van der Waals surface area contributed by atoms with Crippen LogP contribution in [0.1, 0.15) is 17.2 Å². The second-order valence-corrected chi connectivity index (χ2v) is 2.03. The number of nitrogens with one attached hydrogen (secondary N) is 1. The molecule has 14 heavy (non-hydrogen) atoms. The molecular weight excluding hydrogens is 212 g/mol. The largest absolute Gasteiger partial charge is 0.449 e. The van der Waals surface area contributed by atoms with Crippen molar-refractivity contribution in [3.05, 3.63) is 17.2 Å². The zero-order chi connectivity index (χ0) is 10.1. The van der Waals surface area contributed by atoms with Crippen LogP contribution in [-0.4, -0.2) is 27.3 Å². The summed E-state index contributed by atoms with van der Waals surface area (Å²) in [6, 6.07) is 2.77. The van der Waals surface area contributed by atoms with Crippen molar-refractivity contribution in [2.24, 2.45) is 0 Å². The van der Waals surface area contributed by atoms with Crippen LogP contribution in [0.5, 0.6) is 0 Å². The number of aromatic amines is 1. The number of aromatic nitrogens is 2. The zero-order valence-corrected chi connectivity index (χ0v) is 7.71. The van der Waals surface area contributed by atoms with Gasteiger partial charge in [0.15, 0.2) is 11.4 Å². The molecule has 0 aliphatic heterocycles. The molecule has 0 unspecified atom stereocenters. The highest BCUT2D eigenvalue weighted by atomic mass is 27.0. The molecule has 0 bridgehead atoms. The van der Waals surface area contributed by atoms with Gasteiger partial charge in [-0.3, -0.25) is 0 Å². The van der Waals surface area contributed by atoms with E-state index >= 15 is 0 Å². The van der Waals surface area contributed by atoms with Crippen LogP contribution >= 0.6 is 0 Å². The summed E-state index contributed by atoms with van der Waals surface area (Å²) in [6.07, 6.45) is -4.67. The first-order valence-corrected chi connectivity index (χ1v) is 2.96. The van der Waals surface area contributed by atoms with E-state index in [0.29, 0.717) is 0 Å². The van der Waals surface area contributed by atoms with Gasteiger partial charge in [0.25, 0.3) is 0 Å². The predicted octanol–water partition coefficient (Wildman–Crippen LogP) is 0.791. The molecule has 0 saturated carbocycles. The molecule has 0 aromatic carbocycles. The van der Waals surface area contributed by atoms with E-state index in [1.807, 2.05) is 0 Å². The normalized spacial score (nSPS) is 9.79. The van der Waals surface area contributed by atoms with E-state index in [-0.39, 0.29) is 17.4 Å². The maximum atomic E-state index is 11.9. The molecule has 1 heterocycles. The molecule has 1 aromatic rings. The number of H-pyrrole nitrogens is 1. The third-order valence-corrected chi connectivity index (χ3v) is 1.19. The lowest BCUT2D eigenvalue weighted by atomic mass is 10.4. The lowest BCUT2D eigenvalue weighted by Gasteiger charge is -1.98. The van der Waals surface area contributed by atoms with Crippen LogP contribution in [0, 0.1) is 22.7 Å². The summed E-state index contributed by atoms with van der Waals surface area (Å²) in [4.78, 5) is 4.61. The molecule has 0 saturated heterocycles. The Morgan fingerprint density at radius 1 is 1.21 bits per heavy atom. The highest BCUT2D eigenvalue weighted by molar-refractivity contribution is 5.75. The quantitative estimate of drug-likeness (QED) is 0.647. The fraction of sp³-hybridized carbons (Fsp3) is 0.167. The molecular formula is C6HAlF3N4. The summed E-state index contributed by atoms with van der Waals surface area (Å²) in [7, 11) is 0. The Labute approximate surface area is 87.1 Å². The SMILES string of the molecule is N#Cc1nc(C(F)(F)F)[nH]c1C#N.[Al]. The van der Waals surface area contributed by atoms with Crippen molar-refractivity contribution in [2.45, 2.75) is 6.18 Å². The number of halogens is 3. The summed E-state index contributed by atoms with van der Waals surface area (Å²) in [5.41, 5.74) is -1.02. The molecule has 69 valence electrons. The molecule has 1 N–H and O–H groups in total. The first kappa shape index (κ1) is 12.5. The number of rotatable bonds is 0. The van der Waals surface area contributed by atoms with E-state index in [4.69, 9.17) is 10.5 Å². The van der Waals surface area contributed by atoms with Gasteiger partial charge in [-0.2, -0.15) is 23.7 Å². The van der Waals surface area contributed by atoms with Crippen molar-refractivity contribution >= 4 is 17.4 Å². The van der Waals surface area contributed by atoms with Crippen LogP contribution in [0.25, 0.3) is 0 Å². The van der Waals surface area contributed by atoms with Crippen LogP contribution in [0.4, 0.5) is 13.2 Å². The standard InChI is InChI=1S/C6HF3N4.Al/c7-6(8,9)5-12-3(1-10)4(2-11)13-5;/h(H,12,13);. The van der Waals surface area contributed by atoms with Gasteiger partial charge in [0.2, 0.25) is 5.82 Å². The van der Waals surface area contributed by atoms with E-state index < -0.39 is 23.4 Å². The summed E-state index contributed by atoms with van der Waals surface area (Å²) >= 11 is 0. The van der Waals surface area contributed by atoms with Gasteiger partial charge in [-0.05, 0) is 0 Å². The Hall–Kier alpha value is -1.49. The van der Waals surface area contributed by atoms with Gasteiger partial charge in [-0.25, -0.2) is 4.98 Å². The smallest absolute Gasteiger partial charge is 0.325 e. The average Bonchev–Trinajstić information content (AvgIpc) is 2.45. The van der Waals surface area contributed by atoms with Crippen molar-refractivity contribution in [2.75, 3.05) is 0 Å². The van der Waals surface area contributed by atoms with Crippen molar-refractivity contribution in [3.8, 4) is 12.1 Å². The Morgan fingerprint density at radius 3 is 2.07 bits per heavy atom. The topological polar surface area (TPSA) is 76.3 Å². The van der Waals surface area contributed by atoms with Crippen LogP contribution in [-0.2, 0) is 6.18 Å². The Balaban J connectivity index is 0.00000169. The van der Waals surface area contributed by atoms with Gasteiger partial charge >= 0.3 is 6.18 Å². The minimum absolute atomic E-state index is 0. The Kier molecular flexibility index (Phi) is 3.71. The van der Waals surface area contributed by atoms with E-state index in [1.165, 1.54) is 12.1 Å². The van der Waals surface area contributed by atoms with E-state index in [2.05, 4.69) is 4.98 Å². The highest BCUT2D eigenvalue weighted by Crippen LogP contribution is 2.27. The molecule has 0 atom stereocenters. The number of hydrogen-bond acceptors (Lipinski definition) is 3. The first-order valence-electron chi connectivity index (χ1n) is 2.96. The third-order valence-electron chi connectivity index (χ3n) is 1.19. The van der Waals surface area contributed by atoms with E-state index in [1.54, 1.807) is 4.98 Å². The first-order chi connectivity index (χ1) is 5.99. The van der Waals surface area contributed by atoms with Crippen molar-refractivity contribution in [1.29, 1.82) is 10.5 Å². The minimum atomic E-state index is -4.67. The predicted molar refractivity (Wildman–Crippen MR) is 38.8 cm³/mol. The summed E-state index contributed by atoms with van der Waals surface area (Å²) in [5.74, 6) is -1.33. The maximum absolute atomic E-state index is 11.9. The number of nitrogens with zero attached hydrogens (tertiary/aromatic N) is 3. The lowest BCUT2D eigenvalue weighted by molar-refractivity contribution is -0.144. The van der Waals surface area contributed by atoms with E-state index in [9.17, 15) is 13.2 Å². The highest BCUT2D eigenvalue weighted by Gasteiger charge is 2.35. The third kappa shape index (κ3) is 2.26. The Bertz CT molecular complexity index is 377. The van der Waals surface area contributed by atoms with Gasteiger partial charge in [0.1, 0.15) is 12.1 Å². The fourth-order valence-corrected chi connectivity index (χ4v) is 0.669. The summed E-state index contributed by atoms with van der Waals surface area (Å²) < 4.78 is 35.8. The van der Waals surface area contributed by atoms with Gasteiger partial charge in [0.05, 0.1) is 0 Å². The maximum Gasteiger partial charge on any atom is 0.449 e. The molecule has 0 aliphatic rings. The number of hydrogen-bond donors (Lipinski definition) is 1. The molecule has 1 aromatic heterocycles. The van der Waals surface area contributed by atoms with Gasteiger partial charge in [-0.1, -0.05) is 0 Å². The second kappa shape index (κ2) is 4.15. The lowest BCUT2D eigenvalue weighted by Crippen LogP contribution is -2.07. The van der Waals surface area contributed by atoms with Gasteiger partial charge < -0.3 is 4.98 Å².